The zero-order valence-corrected chi connectivity index (χ0v) is 16.0. The maximum atomic E-state index is 12.5. The quantitative estimate of drug-likeness (QED) is 0.509. The van der Waals surface area contributed by atoms with Crippen molar-refractivity contribution in [3.8, 4) is 0 Å². The van der Waals surface area contributed by atoms with E-state index in [1.165, 1.54) is 5.57 Å². The van der Waals surface area contributed by atoms with Crippen LogP contribution in [0.2, 0.25) is 0 Å². The summed E-state index contributed by atoms with van der Waals surface area (Å²) < 4.78 is 0. The number of Topliss-reactive ketones (excluding diaryl/α,β-unsaturated/α-hetero) is 1. The van der Waals surface area contributed by atoms with Gasteiger partial charge in [0.05, 0.1) is 0 Å². The fourth-order valence-corrected chi connectivity index (χ4v) is 6.84. The molecule has 2 fully saturated rings. The number of carbonyl (C=O) groups excluding carboxylic acids is 2. The van der Waals surface area contributed by atoms with E-state index in [2.05, 4.69) is 19.6 Å². The fraction of sp³-hybridized carbons (Fsp3) is 0.636. The Morgan fingerprint density at radius 2 is 2.12 bits per heavy atom. The van der Waals surface area contributed by atoms with E-state index in [0.29, 0.717) is 29.8 Å². The summed E-state index contributed by atoms with van der Waals surface area (Å²) in [6.45, 7) is 6.05. The summed E-state index contributed by atoms with van der Waals surface area (Å²) in [4.78, 5) is 24.6. The van der Waals surface area contributed by atoms with Gasteiger partial charge in [-0.2, -0.15) is 0 Å². The molecular formula is C22H28O2S. The van der Waals surface area contributed by atoms with Crippen LogP contribution in [0.5, 0.6) is 0 Å². The van der Waals surface area contributed by atoms with Crippen LogP contribution in [0, 0.1) is 22.7 Å². The molecule has 0 aromatic carbocycles. The largest absolute Gasteiger partial charge is 0.299 e. The summed E-state index contributed by atoms with van der Waals surface area (Å²) in [6.07, 6.45) is 12.0. The van der Waals surface area contributed by atoms with Crippen LogP contribution in [0.15, 0.2) is 35.3 Å². The molecule has 134 valence electrons. The molecule has 0 amide bonds. The Morgan fingerprint density at radius 1 is 1.28 bits per heavy atom. The minimum atomic E-state index is -0.128. The molecule has 4 aliphatic rings. The van der Waals surface area contributed by atoms with Crippen LogP contribution in [0.4, 0.5) is 0 Å². The molecule has 0 aromatic heterocycles. The van der Waals surface area contributed by atoms with E-state index in [9.17, 15) is 9.59 Å². The number of hydrogen-bond donors (Lipinski definition) is 0. The highest BCUT2D eigenvalue weighted by Crippen LogP contribution is 2.63. The SMILES string of the molecule is C=CSCC[C@]12CCC(=O)C=C1CC[C@@H]1C2=CC[C@]2(C)C(=O)CC[C@@H]12. The fourth-order valence-electron chi connectivity index (χ4n) is 6.21. The number of carbonyl (C=O) groups is 2. The molecular weight excluding hydrogens is 328 g/mol. The second-order valence-corrected chi connectivity index (χ2v) is 9.57. The maximum Gasteiger partial charge on any atom is 0.155 e. The van der Waals surface area contributed by atoms with Crippen LogP contribution in [0.1, 0.15) is 58.3 Å². The van der Waals surface area contributed by atoms with Gasteiger partial charge in [-0.1, -0.05) is 30.7 Å². The minimum Gasteiger partial charge on any atom is -0.299 e. The van der Waals surface area contributed by atoms with Crippen molar-refractivity contribution in [3.63, 3.8) is 0 Å². The van der Waals surface area contributed by atoms with Crippen molar-refractivity contribution in [2.45, 2.75) is 58.3 Å². The van der Waals surface area contributed by atoms with E-state index in [1.54, 1.807) is 17.3 Å². The van der Waals surface area contributed by atoms with Gasteiger partial charge < -0.3 is 0 Å². The maximum absolute atomic E-state index is 12.5. The lowest BCUT2D eigenvalue weighted by atomic mass is 9.50. The van der Waals surface area contributed by atoms with Crippen LogP contribution in [-0.2, 0) is 9.59 Å². The van der Waals surface area contributed by atoms with Crippen LogP contribution < -0.4 is 0 Å². The molecule has 25 heavy (non-hydrogen) atoms. The molecule has 2 saturated carbocycles. The molecule has 2 nitrogen and oxygen atoms in total. The predicted molar refractivity (Wildman–Crippen MR) is 103 cm³/mol. The summed E-state index contributed by atoms with van der Waals surface area (Å²) in [5.41, 5.74) is 2.92. The van der Waals surface area contributed by atoms with Gasteiger partial charge in [-0.15, -0.1) is 11.8 Å². The number of allylic oxidation sites excluding steroid dienone is 4. The van der Waals surface area contributed by atoms with Crippen molar-refractivity contribution in [3.05, 3.63) is 35.3 Å². The lowest BCUT2D eigenvalue weighted by Gasteiger charge is -2.53. The van der Waals surface area contributed by atoms with E-state index >= 15 is 0 Å². The van der Waals surface area contributed by atoms with Crippen LogP contribution in [0.25, 0.3) is 0 Å². The van der Waals surface area contributed by atoms with Crippen molar-refractivity contribution in [2.24, 2.45) is 22.7 Å². The Labute approximate surface area is 155 Å². The Bertz CT molecular complexity index is 688. The van der Waals surface area contributed by atoms with E-state index in [4.69, 9.17) is 0 Å². The third-order valence-corrected chi connectivity index (χ3v) is 8.23. The second kappa shape index (κ2) is 6.26. The Kier molecular flexibility index (Phi) is 4.34. The molecule has 0 saturated heterocycles. The third-order valence-electron chi connectivity index (χ3n) is 7.56. The molecule has 4 atom stereocenters. The normalized spacial score (nSPS) is 39.9. The highest BCUT2D eigenvalue weighted by atomic mass is 32.2. The van der Waals surface area contributed by atoms with Gasteiger partial charge in [0.2, 0.25) is 0 Å². The number of hydrogen-bond acceptors (Lipinski definition) is 3. The molecule has 0 unspecified atom stereocenters. The molecule has 0 aromatic rings. The summed E-state index contributed by atoms with van der Waals surface area (Å²) in [6, 6.07) is 0. The predicted octanol–water partition coefficient (Wildman–Crippen LogP) is 5.25. The van der Waals surface area contributed by atoms with Gasteiger partial charge in [-0.25, -0.2) is 0 Å². The van der Waals surface area contributed by atoms with Crippen LogP contribution >= 0.6 is 11.8 Å². The lowest BCUT2D eigenvalue weighted by molar-refractivity contribution is -0.127. The van der Waals surface area contributed by atoms with Gasteiger partial charge in [0.25, 0.3) is 0 Å². The van der Waals surface area contributed by atoms with Crippen molar-refractivity contribution < 1.29 is 9.59 Å². The van der Waals surface area contributed by atoms with E-state index in [1.807, 2.05) is 11.5 Å². The highest BCUT2D eigenvalue weighted by molar-refractivity contribution is 8.02. The lowest BCUT2D eigenvalue weighted by Crippen LogP contribution is -2.45. The molecule has 0 heterocycles. The first-order valence-corrected chi connectivity index (χ1v) is 10.8. The standard InChI is InChI=1S/C22H28O2S/c1-3-25-13-12-22-11-8-16(23)14-15(22)4-5-17-18-6-7-20(24)21(18,2)10-9-19(17)22/h3,9,14,17-18H,1,4-8,10-13H2,2H3/t17-,18-,21-,22+/m0/s1. The summed E-state index contributed by atoms with van der Waals surface area (Å²) in [5, 5.41) is 1.93. The van der Waals surface area contributed by atoms with Gasteiger partial charge in [0.1, 0.15) is 5.78 Å². The molecule has 0 spiro atoms. The van der Waals surface area contributed by atoms with Crippen molar-refractivity contribution in [1.82, 2.24) is 0 Å². The van der Waals surface area contributed by atoms with Gasteiger partial charge >= 0.3 is 0 Å². The van der Waals surface area contributed by atoms with E-state index in [0.717, 1.165) is 50.7 Å². The van der Waals surface area contributed by atoms with E-state index in [-0.39, 0.29) is 10.8 Å². The minimum absolute atomic E-state index is 0.0831. The zero-order valence-electron chi connectivity index (χ0n) is 15.2. The average molecular weight is 357 g/mol. The number of thioether (sulfide) groups is 1. The number of rotatable bonds is 4. The zero-order chi connectivity index (χ0) is 17.7. The average Bonchev–Trinajstić information content (AvgIpc) is 2.91. The summed E-state index contributed by atoms with van der Waals surface area (Å²) in [5.74, 6) is 2.90. The molecule has 0 N–H and O–H groups in total. The monoisotopic (exact) mass is 356 g/mol. The molecule has 0 aliphatic heterocycles. The van der Waals surface area contributed by atoms with Crippen molar-refractivity contribution in [1.29, 1.82) is 0 Å². The van der Waals surface area contributed by atoms with Crippen molar-refractivity contribution >= 4 is 23.3 Å². The first kappa shape index (κ1) is 17.3. The molecule has 4 aliphatic carbocycles. The molecule has 4 rings (SSSR count). The summed E-state index contributed by atoms with van der Waals surface area (Å²) in [7, 11) is 0. The number of ketones is 2. The Morgan fingerprint density at radius 3 is 2.92 bits per heavy atom. The van der Waals surface area contributed by atoms with Gasteiger partial charge in [0, 0.05) is 23.7 Å². The Balaban J connectivity index is 1.74. The summed E-state index contributed by atoms with van der Waals surface area (Å²) >= 11 is 1.78. The first-order valence-electron chi connectivity index (χ1n) is 9.71. The highest BCUT2D eigenvalue weighted by Gasteiger charge is 2.56. The van der Waals surface area contributed by atoms with Crippen LogP contribution in [0.3, 0.4) is 0 Å². The van der Waals surface area contributed by atoms with Gasteiger partial charge in [-0.3, -0.25) is 9.59 Å². The molecule has 0 bridgehead atoms. The first-order chi connectivity index (χ1) is 12.0. The Hall–Kier alpha value is -1.09. The topological polar surface area (TPSA) is 34.1 Å². The molecule has 3 heteroatoms. The van der Waals surface area contributed by atoms with E-state index < -0.39 is 0 Å². The van der Waals surface area contributed by atoms with Gasteiger partial charge in [0.15, 0.2) is 5.78 Å². The second-order valence-electron chi connectivity index (χ2n) is 8.50. The third kappa shape index (κ3) is 2.53. The number of fused-ring (bicyclic) bond motifs is 5. The van der Waals surface area contributed by atoms with Gasteiger partial charge in [-0.05, 0) is 67.6 Å². The van der Waals surface area contributed by atoms with Crippen molar-refractivity contribution in [2.75, 3.05) is 5.75 Å². The smallest absolute Gasteiger partial charge is 0.155 e. The van der Waals surface area contributed by atoms with Crippen LogP contribution in [-0.4, -0.2) is 17.3 Å². The molecule has 0 radical (unpaired) electrons.